The van der Waals surface area contributed by atoms with Crippen molar-refractivity contribution in [2.45, 2.75) is 25.4 Å². The molecular formula is C27H23N3O3. The zero-order chi connectivity index (χ0) is 22.6. The Kier molecular flexibility index (Phi) is 5.72. The predicted molar refractivity (Wildman–Crippen MR) is 125 cm³/mol. The maximum absolute atomic E-state index is 13.3. The van der Waals surface area contributed by atoms with Crippen LogP contribution in [0.15, 0.2) is 95.9 Å². The molecule has 2 aromatic heterocycles. The first-order chi connectivity index (χ1) is 16.2. The summed E-state index contributed by atoms with van der Waals surface area (Å²) in [6, 6.07) is 22.3. The topological polar surface area (TPSA) is 75.4 Å². The molecule has 2 aromatic carbocycles. The number of anilines is 1. The van der Waals surface area contributed by atoms with Crippen LogP contribution in [-0.4, -0.2) is 27.7 Å². The smallest absolute Gasteiger partial charge is 0.290 e. The number of aromatic nitrogens is 1. The molecule has 0 spiro atoms. The van der Waals surface area contributed by atoms with E-state index in [2.05, 4.69) is 10.3 Å². The average Bonchev–Trinajstić information content (AvgIpc) is 3.40. The second-order valence-corrected chi connectivity index (χ2v) is 8.12. The first-order valence-electron chi connectivity index (χ1n) is 10.9. The minimum Gasteiger partial charge on any atom is -0.459 e. The molecule has 0 saturated carbocycles. The van der Waals surface area contributed by atoms with E-state index in [1.54, 1.807) is 29.4 Å². The highest BCUT2D eigenvalue weighted by molar-refractivity contribution is 6.00. The molecule has 6 nitrogen and oxygen atoms in total. The number of hydrogen-bond acceptors (Lipinski definition) is 4. The van der Waals surface area contributed by atoms with Crippen LogP contribution in [-0.2, 0) is 24.2 Å². The van der Waals surface area contributed by atoms with E-state index < -0.39 is 6.04 Å². The molecule has 0 radical (unpaired) electrons. The standard InChI is InChI=1S/C27H23N3O3/c31-26(29-23-9-7-19(8-10-23)16-20-11-13-28-14-12-20)24-17-21-4-1-2-5-22(21)18-30(24)27(32)25-6-3-15-33-25/h1-15,24H,16-18H2,(H,29,31). The molecule has 3 heterocycles. The molecule has 33 heavy (non-hydrogen) atoms. The summed E-state index contributed by atoms with van der Waals surface area (Å²) in [5.74, 6) is -0.277. The van der Waals surface area contributed by atoms with Gasteiger partial charge in [-0.3, -0.25) is 14.6 Å². The molecule has 1 N–H and O–H groups in total. The molecular weight excluding hydrogens is 414 g/mol. The molecule has 164 valence electrons. The van der Waals surface area contributed by atoms with Crippen LogP contribution in [0.5, 0.6) is 0 Å². The van der Waals surface area contributed by atoms with E-state index in [4.69, 9.17) is 4.42 Å². The van der Waals surface area contributed by atoms with Gasteiger partial charge in [0.15, 0.2) is 5.76 Å². The number of furan rings is 1. The Balaban J connectivity index is 1.34. The fourth-order valence-electron chi connectivity index (χ4n) is 4.18. The second-order valence-electron chi connectivity index (χ2n) is 8.12. The number of amides is 2. The minimum absolute atomic E-state index is 0.216. The van der Waals surface area contributed by atoms with Crippen LogP contribution in [0.2, 0.25) is 0 Å². The number of carbonyl (C=O) groups is 2. The van der Waals surface area contributed by atoms with Crippen LogP contribution in [0.3, 0.4) is 0 Å². The fourth-order valence-corrected chi connectivity index (χ4v) is 4.18. The number of pyridine rings is 1. The van der Waals surface area contributed by atoms with Crippen molar-refractivity contribution in [1.82, 2.24) is 9.88 Å². The number of fused-ring (bicyclic) bond motifs is 1. The summed E-state index contributed by atoms with van der Waals surface area (Å²) in [5, 5.41) is 2.99. The highest BCUT2D eigenvalue weighted by Gasteiger charge is 2.36. The van der Waals surface area contributed by atoms with Crippen LogP contribution in [0.1, 0.15) is 32.8 Å². The highest BCUT2D eigenvalue weighted by Crippen LogP contribution is 2.26. The Morgan fingerprint density at radius 3 is 2.36 bits per heavy atom. The summed E-state index contributed by atoms with van der Waals surface area (Å²) >= 11 is 0. The highest BCUT2D eigenvalue weighted by atomic mass is 16.3. The Hall–Kier alpha value is -4.19. The Bertz CT molecular complexity index is 1250. The van der Waals surface area contributed by atoms with Crippen LogP contribution < -0.4 is 5.32 Å². The van der Waals surface area contributed by atoms with Crippen molar-refractivity contribution in [3.63, 3.8) is 0 Å². The Morgan fingerprint density at radius 1 is 0.909 bits per heavy atom. The van der Waals surface area contributed by atoms with E-state index in [1.165, 1.54) is 11.8 Å². The quantitative estimate of drug-likeness (QED) is 0.500. The van der Waals surface area contributed by atoms with Crippen molar-refractivity contribution in [3.05, 3.63) is 119 Å². The maximum atomic E-state index is 13.3. The summed E-state index contributed by atoms with van der Waals surface area (Å²) in [5.41, 5.74) is 5.13. The number of hydrogen-bond donors (Lipinski definition) is 1. The monoisotopic (exact) mass is 437 g/mol. The van der Waals surface area contributed by atoms with Crippen LogP contribution >= 0.6 is 0 Å². The van der Waals surface area contributed by atoms with Crippen LogP contribution in [0, 0.1) is 0 Å². The zero-order valence-electron chi connectivity index (χ0n) is 18.0. The van der Waals surface area contributed by atoms with E-state index in [9.17, 15) is 9.59 Å². The number of nitrogens with one attached hydrogen (secondary N) is 1. The van der Waals surface area contributed by atoms with Crippen molar-refractivity contribution < 1.29 is 14.0 Å². The van der Waals surface area contributed by atoms with Crippen LogP contribution in [0.4, 0.5) is 5.69 Å². The SMILES string of the molecule is O=C(Nc1ccc(Cc2ccncc2)cc1)C1Cc2ccccc2CN1C(=O)c1ccco1. The van der Waals surface area contributed by atoms with E-state index in [-0.39, 0.29) is 17.6 Å². The molecule has 1 aliphatic rings. The summed E-state index contributed by atoms with van der Waals surface area (Å²) < 4.78 is 5.32. The van der Waals surface area contributed by atoms with Gasteiger partial charge in [0.2, 0.25) is 5.91 Å². The molecule has 1 aliphatic heterocycles. The van der Waals surface area contributed by atoms with Gasteiger partial charge < -0.3 is 14.6 Å². The van der Waals surface area contributed by atoms with Gasteiger partial charge in [-0.15, -0.1) is 0 Å². The second kappa shape index (κ2) is 9.12. The summed E-state index contributed by atoms with van der Waals surface area (Å²) in [6.45, 7) is 0.360. The maximum Gasteiger partial charge on any atom is 0.290 e. The lowest BCUT2D eigenvalue weighted by Gasteiger charge is -2.35. The van der Waals surface area contributed by atoms with Crippen molar-refractivity contribution in [1.29, 1.82) is 0 Å². The lowest BCUT2D eigenvalue weighted by molar-refractivity contribution is -0.121. The lowest BCUT2D eigenvalue weighted by atomic mass is 9.93. The molecule has 1 unspecified atom stereocenters. The third-order valence-corrected chi connectivity index (χ3v) is 5.92. The van der Waals surface area contributed by atoms with Gasteiger partial charge in [-0.2, -0.15) is 0 Å². The van der Waals surface area contributed by atoms with Gasteiger partial charge in [0, 0.05) is 31.0 Å². The molecule has 2 amide bonds. The average molecular weight is 437 g/mol. The normalized spacial score (nSPS) is 15.0. The number of benzene rings is 2. The molecule has 4 aromatic rings. The van der Waals surface area contributed by atoms with Gasteiger partial charge in [0.25, 0.3) is 5.91 Å². The van der Waals surface area contributed by atoms with Gasteiger partial charge in [0.1, 0.15) is 6.04 Å². The number of nitrogens with zero attached hydrogens (tertiary/aromatic N) is 2. The minimum atomic E-state index is -0.631. The van der Waals surface area contributed by atoms with Gasteiger partial charge >= 0.3 is 0 Å². The molecule has 0 aliphatic carbocycles. The third-order valence-electron chi connectivity index (χ3n) is 5.92. The van der Waals surface area contributed by atoms with E-state index in [0.717, 1.165) is 23.1 Å². The van der Waals surface area contributed by atoms with Crippen molar-refractivity contribution in [2.75, 3.05) is 5.32 Å². The predicted octanol–water partition coefficient (Wildman–Crippen LogP) is 4.47. The molecule has 0 fully saturated rings. The van der Waals surface area contributed by atoms with E-state index in [1.807, 2.05) is 60.7 Å². The summed E-state index contributed by atoms with van der Waals surface area (Å²) in [4.78, 5) is 32.0. The van der Waals surface area contributed by atoms with Crippen molar-refractivity contribution in [3.8, 4) is 0 Å². The van der Waals surface area contributed by atoms with E-state index >= 15 is 0 Å². The third kappa shape index (κ3) is 4.55. The Morgan fingerprint density at radius 2 is 1.64 bits per heavy atom. The van der Waals surface area contributed by atoms with Gasteiger partial charge in [-0.1, -0.05) is 36.4 Å². The van der Waals surface area contributed by atoms with Gasteiger partial charge in [0.05, 0.1) is 6.26 Å². The zero-order valence-corrected chi connectivity index (χ0v) is 18.0. The van der Waals surface area contributed by atoms with E-state index in [0.29, 0.717) is 18.7 Å². The fraction of sp³-hybridized carbons (Fsp3) is 0.148. The summed E-state index contributed by atoms with van der Waals surface area (Å²) in [7, 11) is 0. The van der Waals surface area contributed by atoms with Crippen LogP contribution in [0.25, 0.3) is 0 Å². The largest absolute Gasteiger partial charge is 0.459 e. The van der Waals surface area contributed by atoms with Crippen molar-refractivity contribution >= 4 is 17.5 Å². The number of rotatable bonds is 5. The number of carbonyl (C=O) groups excluding carboxylic acids is 2. The summed E-state index contributed by atoms with van der Waals surface area (Å²) in [6.07, 6.45) is 6.27. The molecule has 1 atom stereocenters. The molecule has 0 saturated heterocycles. The molecule has 6 heteroatoms. The first-order valence-corrected chi connectivity index (χ1v) is 10.9. The first kappa shape index (κ1) is 20.7. The molecule has 0 bridgehead atoms. The molecule has 5 rings (SSSR count). The van der Waals surface area contributed by atoms with Gasteiger partial charge in [-0.25, -0.2) is 0 Å². The lowest BCUT2D eigenvalue weighted by Crippen LogP contribution is -2.50. The van der Waals surface area contributed by atoms with Gasteiger partial charge in [-0.05, 0) is 65.1 Å². The Labute approximate surface area is 191 Å². The van der Waals surface area contributed by atoms with Crippen molar-refractivity contribution in [2.24, 2.45) is 0 Å².